The Morgan fingerprint density at radius 3 is 2.56 bits per heavy atom. The zero-order valence-electron chi connectivity index (χ0n) is 27.1. The van der Waals surface area contributed by atoms with Crippen LogP contribution >= 0.6 is 0 Å². The van der Waals surface area contributed by atoms with Gasteiger partial charge in [0.25, 0.3) is 0 Å². The Labute approximate surface area is 266 Å². The number of nitrogens with one attached hydrogen (secondary N) is 1. The van der Waals surface area contributed by atoms with Crippen molar-refractivity contribution < 1.29 is 14.6 Å². The van der Waals surface area contributed by atoms with Crippen molar-refractivity contribution >= 4 is 34.8 Å². The van der Waals surface area contributed by atoms with Gasteiger partial charge in [-0.25, -0.2) is 4.79 Å². The lowest BCUT2D eigenvalue weighted by Gasteiger charge is -2.37. The van der Waals surface area contributed by atoms with E-state index < -0.39 is 11.5 Å². The minimum atomic E-state index is -1.04. The molecule has 10 heteroatoms. The lowest BCUT2D eigenvalue weighted by molar-refractivity contribution is -0.142. The second kappa shape index (κ2) is 12.4. The molecule has 4 fully saturated rings. The van der Waals surface area contributed by atoms with Crippen LogP contribution in [0.3, 0.4) is 0 Å². The second-order valence-electron chi connectivity index (χ2n) is 14.3. The minimum Gasteiger partial charge on any atom is -0.480 e. The Balaban J connectivity index is 1.38. The van der Waals surface area contributed by atoms with Crippen molar-refractivity contribution in [3.63, 3.8) is 0 Å². The zero-order valence-corrected chi connectivity index (χ0v) is 27.1. The van der Waals surface area contributed by atoms with E-state index in [4.69, 9.17) is 19.7 Å². The molecule has 0 spiro atoms. The van der Waals surface area contributed by atoms with Crippen LogP contribution in [0.5, 0.6) is 0 Å². The molecule has 3 aromatic rings. The van der Waals surface area contributed by atoms with Gasteiger partial charge in [-0.3, -0.25) is 0 Å². The van der Waals surface area contributed by atoms with Gasteiger partial charge in [-0.2, -0.15) is 15.0 Å². The van der Waals surface area contributed by atoms with Crippen molar-refractivity contribution in [3.05, 3.63) is 35.9 Å². The molecule has 2 aliphatic carbocycles. The van der Waals surface area contributed by atoms with Gasteiger partial charge in [0.15, 0.2) is 11.5 Å². The molecule has 242 valence electrons. The molecule has 0 bridgehead atoms. The summed E-state index contributed by atoms with van der Waals surface area (Å²) in [5.41, 5.74) is 1.74. The Hall–Kier alpha value is -3.40. The van der Waals surface area contributed by atoms with E-state index in [0.717, 1.165) is 42.7 Å². The number of rotatable bonds is 9. The van der Waals surface area contributed by atoms with Gasteiger partial charge in [0.05, 0.1) is 19.3 Å². The van der Waals surface area contributed by atoms with Gasteiger partial charge in [-0.1, -0.05) is 56.5 Å². The van der Waals surface area contributed by atoms with Crippen molar-refractivity contribution in [1.82, 2.24) is 19.5 Å². The molecule has 2 aromatic heterocycles. The summed E-state index contributed by atoms with van der Waals surface area (Å²) >= 11 is 0. The molecule has 7 rings (SSSR count). The SMILES string of the molecule is CC1CCC(Cn2c(N3CCOC[C@@H]3c3ccccc3)nc3nc(N4CCC[C@]4(C)C(=O)O)nc(N[C@H](C)C4CCC4)c32)CC1. The van der Waals surface area contributed by atoms with Crippen molar-refractivity contribution in [2.75, 3.05) is 41.4 Å². The first-order chi connectivity index (χ1) is 21.8. The first-order valence-electron chi connectivity index (χ1n) is 17.3. The number of imidazole rings is 1. The smallest absolute Gasteiger partial charge is 0.329 e. The Morgan fingerprint density at radius 2 is 1.84 bits per heavy atom. The summed E-state index contributed by atoms with van der Waals surface area (Å²) in [6.45, 7) is 9.86. The van der Waals surface area contributed by atoms with E-state index in [0.29, 0.717) is 49.6 Å². The molecule has 0 unspecified atom stereocenters. The summed E-state index contributed by atoms with van der Waals surface area (Å²) in [6, 6.07) is 10.9. The van der Waals surface area contributed by atoms with Crippen molar-refractivity contribution in [2.24, 2.45) is 17.8 Å². The maximum absolute atomic E-state index is 12.5. The van der Waals surface area contributed by atoms with Crippen LogP contribution in [0, 0.1) is 17.8 Å². The van der Waals surface area contributed by atoms with E-state index >= 15 is 0 Å². The molecule has 4 heterocycles. The quantitative estimate of drug-likeness (QED) is 0.288. The minimum absolute atomic E-state index is 0.0357. The third-order valence-electron chi connectivity index (χ3n) is 11.3. The molecule has 4 aliphatic rings. The normalized spacial score (nSPS) is 28.3. The molecule has 2 aliphatic heterocycles. The number of aliphatic carboxylic acids is 1. The summed E-state index contributed by atoms with van der Waals surface area (Å²) in [5, 5.41) is 14.1. The van der Waals surface area contributed by atoms with E-state index in [1.54, 1.807) is 6.92 Å². The molecule has 2 saturated heterocycles. The first kappa shape index (κ1) is 30.3. The van der Waals surface area contributed by atoms with Gasteiger partial charge in [-0.15, -0.1) is 0 Å². The number of ether oxygens (including phenoxy) is 1. The first-order valence-corrected chi connectivity index (χ1v) is 17.3. The van der Waals surface area contributed by atoms with Crippen LogP contribution < -0.4 is 15.1 Å². The molecule has 3 atom stereocenters. The summed E-state index contributed by atoms with van der Waals surface area (Å²) in [6.07, 6.45) is 9.98. The van der Waals surface area contributed by atoms with Crippen molar-refractivity contribution in [3.8, 4) is 0 Å². The van der Waals surface area contributed by atoms with Crippen LogP contribution in [0.4, 0.5) is 17.7 Å². The maximum atomic E-state index is 12.5. The molecule has 2 N–H and O–H groups in total. The van der Waals surface area contributed by atoms with Crippen molar-refractivity contribution in [1.29, 1.82) is 0 Å². The van der Waals surface area contributed by atoms with Crippen LogP contribution in [0.1, 0.15) is 90.2 Å². The molecule has 1 aromatic carbocycles. The Morgan fingerprint density at radius 1 is 1.07 bits per heavy atom. The van der Waals surface area contributed by atoms with Crippen LogP contribution in [0.2, 0.25) is 0 Å². The molecule has 10 nitrogen and oxygen atoms in total. The highest BCUT2D eigenvalue weighted by Crippen LogP contribution is 2.40. The highest BCUT2D eigenvalue weighted by atomic mass is 16.5. The predicted octanol–water partition coefficient (Wildman–Crippen LogP) is 6.27. The number of hydrogen-bond donors (Lipinski definition) is 2. The molecular formula is C35H49N7O3. The van der Waals surface area contributed by atoms with E-state index in [1.165, 1.54) is 50.5 Å². The van der Waals surface area contributed by atoms with Crippen LogP contribution in [0.25, 0.3) is 11.2 Å². The molecule has 2 saturated carbocycles. The molecular weight excluding hydrogens is 566 g/mol. The van der Waals surface area contributed by atoms with Crippen LogP contribution in [0.15, 0.2) is 30.3 Å². The van der Waals surface area contributed by atoms with Crippen LogP contribution in [-0.2, 0) is 16.1 Å². The molecule has 0 amide bonds. The topological polar surface area (TPSA) is 109 Å². The molecule has 0 radical (unpaired) electrons. The number of fused-ring (bicyclic) bond motifs is 1. The second-order valence-corrected chi connectivity index (χ2v) is 14.3. The number of anilines is 3. The van der Waals surface area contributed by atoms with Gasteiger partial charge in [-0.05, 0) is 75.7 Å². The monoisotopic (exact) mass is 615 g/mol. The highest BCUT2D eigenvalue weighted by Gasteiger charge is 2.45. The fourth-order valence-electron chi connectivity index (χ4n) is 7.97. The van der Waals surface area contributed by atoms with E-state index in [2.05, 4.69) is 59.0 Å². The predicted molar refractivity (Wildman–Crippen MR) is 177 cm³/mol. The molecule has 45 heavy (non-hydrogen) atoms. The van der Waals surface area contributed by atoms with E-state index in [9.17, 15) is 9.90 Å². The highest BCUT2D eigenvalue weighted by molar-refractivity contribution is 5.89. The van der Waals surface area contributed by atoms with Gasteiger partial charge < -0.3 is 29.5 Å². The van der Waals surface area contributed by atoms with Crippen molar-refractivity contribution in [2.45, 2.75) is 103 Å². The van der Waals surface area contributed by atoms with Gasteiger partial charge in [0.1, 0.15) is 11.1 Å². The number of carboxylic acids is 1. The Kier molecular flexibility index (Phi) is 8.35. The van der Waals surface area contributed by atoms with Gasteiger partial charge >= 0.3 is 5.97 Å². The number of morpholine rings is 1. The lowest BCUT2D eigenvalue weighted by atomic mass is 9.80. The van der Waals surface area contributed by atoms with Gasteiger partial charge in [0.2, 0.25) is 11.9 Å². The summed E-state index contributed by atoms with van der Waals surface area (Å²) in [4.78, 5) is 32.4. The summed E-state index contributed by atoms with van der Waals surface area (Å²) < 4.78 is 8.44. The fourth-order valence-corrected chi connectivity index (χ4v) is 7.97. The fraction of sp³-hybridized carbons (Fsp3) is 0.657. The Bertz CT molecular complexity index is 1500. The number of benzene rings is 1. The van der Waals surface area contributed by atoms with Crippen LogP contribution in [-0.4, -0.2) is 68.5 Å². The van der Waals surface area contributed by atoms with E-state index in [1.807, 2.05) is 4.90 Å². The summed E-state index contributed by atoms with van der Waals surface area (Å²) in [5.74, 6) is 3.24. The maximum Gasteiger partial charge on any atom is 0.329 e. The number of carboxylic acid groups (broad SMARTS) is 1. The standard InChI is InChI=1S/C35H49N7O3/c1-23-13-15-25(16-14-23)21-41-29-30(36-24(2)26-11-7-12-26)37-33(42-18-8-17-35(42,3)32(43)44)38-31(29)39-34(41)40-19-20-45-22-28(40)27-9-5-4-6-10-27/h4-6,9-10,23-26,28H,7-8,11-22H2,1-3H3,(H,43,44)(H,36,37,38)/t23?,24-,25?,28-,35-/m1/s1. The number of aromatic nitrogens is 4. The number of hydrogen-bond acceptors (Lipinski definition) is 8. The average Bonchev–Trinajstić information content (AvgIpc) is 3.59. The number of carbonyl (C=O) groups is 1. The largest absolute Gasteiger partial charge is 0.480 e. The third kappa shape index (κ3) is 5.75. The van der Waals surface area contributed by atoms with Gasteiger partial charge in [0, 0.05) is 25.7 Å². The summed E-state index contributed by atoms with van der Waals surface area (Å²) in [7, 11) is 0. The average molecular weight is 616 g/mol. The third-order valence-corrected chi connectivity index (χ3v) is 11.3. The number of nitrogens with zero attached hydrogens (tertiary/aromatic N) is 6. The zero-order chi connectivity index (χ0) is 31.1. The lowest BCUT2D eigenvalue weighted by Crippen LogP contribution is -2.49. The van der Waals surface area contributed by atoms with E-state index in [-0.39, 0.29) is 12.1 Å².